The third-order valence-corrected chi connectivity index (χ3v) is 3.20. The second kappa shape index (κ2) is 5.75. The van der Waals surface area contributed by atoms with Gasteiger partial charge in [0.1, 0.15) is 5.82 Å². The fourth-order valence-corrected chi connectivity index (χ4v) is 2.39. The first-order chi connectivity index (χ1) is 7.74. The van der Waals surface area contributed by atoms with Crippen LogP contribution in [-0.4, -0.2) is 19.3 Å². The molecular formula is C12H15BrFNO. The van der Waals surface area contributed by atoms with Crippen molar-refractivity contribution in [3.05, 3.63) is 34.1 Å². The fourth-order valence-electron chi connectivity index (χ4n) is 1.88. The van der Waals surface area contributed by atoms with Gasteiger partial charge in [-0.25, -0.2) is 4.39 Å². The minimum Gasteiger partial charge on any atom is -0.381 e. The second-order valence-corrected chi connectivity index (χ2v) is 4.96. The molecule has 0 atom stereocenters. The molecule has 1 aliphatic heterocycles. The van der Waals surface area contributed by atoms with E-state index in [1.807, 2.05) is 6.07 Å². The van der Waals surface area contributed by atoms with Crippen LogP contribution in [0.4, 0.5) is 4.39 Å². The van der Waals surface area contributed by atoms with Crippen LogP contribution in [0.3, 0.4) is 0 Å². The Kier molecular flexibility index (Phi) is 4.32. The van der Waals surface area contributed by atoms with Crippen molar-refractivity contribution in [2.45, 2.75) is 25.4 Å². The quantitative estimate of drug-likeness (QED) is 0.923. The zero-order valence-electron chi connectivity index (χ0n) is 9.01. The Hall–Kier alpha value is -0.450. The molecule has 0 spiro atoms. The molecular weight excluding hydrogens is 273 g/mol. The number of rotatable bonds is 3. The molecule has 4 heteroatoms. The van der Waals surface area contributed by atoms with E-state index in [0.717, 1.165) is 36.1 Å². The van der Waals surface area contributed by atoms with Crippen molar-refractivity contribution < 1.29 is 9.13 Å². The molecule has 2 nitrogen and oxygen atoms in total. The van der Waals surface area contributed by atoms with E-state index in [1.165, 1.54) is 6.07 Å². The summed E-state index contributed by atoms with van der Waals surface area (Å²) in [7, 11) is 0. The number of ether oxygens (including phenoxy) is 1. The van der Waals surface area contributed by atoms with Gasteiger partial charge >= 0.3 is 0 Å². The molecule has 0 saturated carbocycles. The molecule has 0 bridgehead atoms. The first-order valence-corrected chi connectivity index (χ1v) is 6.29. The predicted octanol–water partition coefficient (Wildman–Crippen LogP) is 2.86. The lowest BCUT2D eigenvalue weighted by Crippen LogP contribution is -2.34. The summed E-state index contributed by atoms with van der Waals surface area (Å²) in [5.74, 6) is -0.196. The van der Waals surface area contributed by atoms with Crippen molar-refractivity contribution in [2.24, 2.45) is 0 Å². The highest BCUT2D eigenvalue weighted by atomic mass is 79.9. The van der Waals surface area contributed by atoms with Gasteiger partial charge in [0.15, 0.2) is 0 Å². The summed E-state index contributed by atoms with van der Waals surface area (Å²) in [5, 5.41) is 3.42. The Bertz CT molecular complexity index is 333. The molecule has 0 aliphatic carbocycles. The molecule has 1 aromatic carbocycles. The zero-order chi connectivity index (χ0) is 11.4. The summed E-state index contributed by atoms with van der Waals surface area (Å²) in [6.45, 7) is 2.36. The van der Waals surface area contributed by atoms with Crippen molar-refractivity contribution in [2.75, 3.05) is 13.2 Å². The molecule has 0 radical (unpaired) electrons. The van der Waals surface area contributed by atoms with Crippen LogP contribution in [0.5, 0.6) is 0 Å². The molecule has 1 aliphatic rings. The third kappa shape index (κ3) is 3.54. The summed E-state index contributed by atoms with van der Waals surface area (Å²) in [5.41, 5.74) is 0.971. The summed E-state index contributed by atoms with van der Waals surface area (Å²) < 4.78 is 19.2. The molecule has 0 aromatic heterocycles. The molecule has 1 saturated heterocycles. The first kappa shape index (κ1) is 12.0. The molecule has 16 heavy (non-hydrogen) atoms. The van der Waals surface area contributed by atoms with Gasteiger partial charge in [-0.15, -0.1) is 0 Å². The van der Waals surface area contributed by atoms with Crippen LogP contribution in [0.15, 0.2) is 22.7 Å². The largest absolute Gasteiger partial charge is 0.381 e. The summed E-state index contributed by atoms with van der Waals surface area (Å²) in [4.78, 5) is 0. The molecule has 2 rings (SSSR count). The van der Waals surface area contributed by atoms with Crippen molar-refractivity contribution in [3.63, 3.8) is 0 Å². The Morgan fingerprint density at radius 3 is 2.75 bits per heavy atom. The van der Waals surface area contributed by atoms with Gasteiger partial charge in [-0.3, -0.25) is 0 Å². The van der Waals surface area contributed by atoms with Gasteiger partial charge in [0, 0.05) is 30.3 Å². The first-order valence-electron chi connectivity index (χ1n) is 5.50. The number of nitrogens with one attached hydrogen (secondary N) is 1. The predicted molar refractivity (Wildman–Crippen MR) is 64.8 cm³/mol. The maximum Gasteiger partial charge on any atom is 0.124 e. The third-order valence-electron chi connectivity index (χ3n) is 2.74. The maximum atomic E-state index is 13.1. The van der Waals surface area contributed by atoms with E-state index in [9.17, 15) is 4.39 Å². The average Bonchev–Trinajstić information content (AvgIpc) is 2.27. The standard InChI is InChI=1S/C12H15BrFNO/c13-10-5-9(6-11(14)7-10)8-15-12-1-3-16-4-2-12/h5-7,12,15H,1-4,8H2. The lowest BCUT2D eigenvalue weighted by Gasteiger charge is -2.23. The van der Waals surface area contributed by atoms with E-state index in [0.29, 0.717) is 12.6 Å². The SMILES string of the molecule is Fc1cc(Br)cc(CNC2CCOCC2)c1. The van der Waals surface area contributed by atoms with Gasteiger partial charge in [0.05, 0.1) is 0 Å². The maximum absolute atomic E-state index is 13.1. The Morgan fingerprint density at radius 2 is 2.06 bits per heavy atom. The molecule has 0 amide bonds. The monoisotopic (exact) mass is 287 g/mol. The van der Waals surface area contributed by atoms with E-state index in [-0.39, 0.29) is 5.82 Å². The Balaban J connectivity index is 1.88. The fraction of sp³-hybridized carbons (Fsp3) is 0.500. The van der Waals surface area contributed by atoms with Gasteiger partial charge in [-0.05, 0) is 36.6 Å². The minimum absolute atomic E-state index is 0.196. The van der Waals surface area contributed by atoms with E-state index in [2.05, 4.69) is 21.2 Å². The van der Waals surface area contributed by atoms with Gasteiger partial charge in [0.25, 0.3) is 0 Å². The summed E-state index contributed by atoms with van der Waals surface area (Å²) in [6, 6.07) is 5.47. The van der Waals surface area contributed by atoms with Crippen LogP contribution in [0.2, 0.25) is 0 Å². The average molecular weight is 288 g/mol. The van der Waals surface area contributed by atoms with E-state index in [4.69, 9.17) is 4.74 Å². The molecule has 1 fully saturated rings. The second-order valence-electron chi connectivity index (χ2n) is 4.05. The van der Waals surface area contributed by atoms with Gasteiger partial charge < -0.3 is 10.1 Å². The molecule has 88 valence electrons. The molecule has 1 N–H and O–H groups in total. The van der Waals surface area contributed by atoms with Crippen molar-refractivity contribution in [3.8, 4) is 0 Å². The normalized spacial score (nSPS) is 17.6. The summed E-state index contributed by atoms with van der Waals surface area (Å²) >= 11 is 3.29. The topological polar surface area (TPSA) is 21.3 Å². The van der Waals surface area contributed by atoms with Crippen LogP contribution in [0, 0.1) is 5.82 Å². The van der Waals surface area contributed by atoms with Crippen LogP contribution in [0.25, 0.3) is 0 Å². The van der Waals surface area contributed by atoms with Gasteiger partial charge in [-0.1, -0.05) is 15.9 Å². The highest BCUT2D eigenvalue weighted by molar-refractivity contribution is 9.10. The van der Waals surface area contributed by atoms with Crippen LogP contribution >= 0.6 is 15.9 Å². The number of hydrogen-bond acceptors (Lipinski definition) is 2. The van der Waals surface area contributed by atoms with Gasteiger partial charge in [-0.2, -0.15) is 0 Å². The van der Waals surface area contributed by atoms with Crippen molar-refractivity contribution in [1.82, 2.24) is 5.32 Å². The van der Waals surface area contributed by atoms with E-state index < -0.39 is 0 Å². The zero-order valence-corrected chi connectivity index (χ0v) is 10.6. The lowest BCUT2D eigenvalue weighted by atomic mass is 10.1. The smallest absolute Gasteiger partial charge is 0.124 e. The number of benzene rings is 1. The lowest BCUT2D eigenvalue weighted by molar-refractivity contribution is 0.0776. The number of hydrogen-bond donors (Lipinski definition) is 1. The van der Waals surface area contributed by atoms with Gasteiger partial charge in [0.2, 0.25) is 0 Å². The van der Waals surface area contributed by atoms with Crippen molar-refractivity contribution >= 4 is 15.9 Å². The van der Waals surface area contributed by atoms with Crippen LogP contribution in [-0.2, 0) is 11.3 Å². The van der Waals surface area contributed by atoms with E-state index >= 15 is 0 Å². The Morgan fingerprint density at radius 1 is 1.31 bits per heavy atom. The Labute approximate surface area is 103 Å². The van der Waals surface area contributed by atoms with Crippen LogP contribution in [0.1, 0.15) is 18.4 Å². The van der Waals surface area contributed by atoms with E-state index in [1.54, 1.807) is 6.07 Å². The van der Waals surface area contributed by atoms with Crippen LogP contribution < -0.4 is 5.32 Å². The minimum atomic E-state index is -0.196. The molecule has 1 aromatic rings. The highest BCUT2D eigenvalue weighted by Gasteiger charge is 2.12. The highest BCUT2D eigenvalue weighted by Crippen LogP contribution is 2.15. The molecule has 1 heterocycles. The number of halogens is 2. The van der Waals surface area contributed by atoms with Crippen molar-refractivity contribution in [1.29, 1.82) is 0 Å². The molecule has 0 unspecified atom stereocenters. The summed E-state index contributed by atoms with van der Waals surface area (Å²) in [6.07, 6.45) is 2.08.